The molecular formula is C14H13BrN4S. The molecule has 0 radical (unpaired) electrons. The molecule has 0 aliphatic rings. The van der Waals surface area contributed by atoms with Crippen molar-refractivity contribution in [3.05, 3.63) is 34.2 Å². The fourth-order valence-corrected chi connectivity index (χ4v) is 3.37. The van der Waals surface area contributed by atoms with Crippen molar-refractivity contribution in [2.45, 2.75) is 19.9 Å². The maximum atomic E-state index is 4.46. The lowest BCUT2D eigenvalue weighted by molar-refractivity contribution is 0.878. The molecule has 0 saturated carbocycles. The van der Waals surface area contributed by atoms with Crippen LogP contribution in [0.3, 0.4) is 0 Å². The van der Waals surface area contributed by atoms with E-state index in [1.54, 1.807) is 17.5 Å². The Labute approximate surface area is 129 Å². The molecule has 0 aliphatic carbocycles. The number of hydrogen-bond donors (Lipinski definition) is 1. The zero-order valence-electron chi connectivity index (χ0n) is 11.1. The number of nitrogens with zero attached hydrogens (tertiary/aromatic N) is 3. The van der Waals surface area contributed by atoms with Crippen LogP contribution in [-0.4, -0.2) is 21.2 Å². The van der Waals surface area contributed by atoms with E-state index in [0.29, 0.717) is 0 Å². The average molecular weight is 349 g/mol. The maximum Gasteiger partial charge on any atom is 0.175 e. The van der Waals surface area contributed by atoms with E-state index in [1.165, 1.54) is 0 Å². The summed E-state index contributed by atoms with van der Waals surface area (Å²) in [6.07, 6.45) is 1.78. The highest BCUT2D eigenvalue weighted by molar-refractivity contribution is 9.11. The van der Waals surface area contributed by atoms with Crippen molar-refractivity contribution < 1.29 is 0 Å². The Morgan fingerprint density at radius 1 is 1.20 bits per heavy atom. The summed E-state index contributed by atoms with van der Waals surface area (Å²) >= 11 is 5.12. The van der Waals surface area contributed by atoms with Crippen molar-refractivity contribution in [3.8, 4) is 10.6 Å². The summed E-state index contributed by atoms with van der Waals surface area (Å²) in [5.41, 5.74) is 1.73. The quantitative estimate of drug-likeness (QED) is 0.764. The van der Waals surface area contributed by atoms with E-state index in [2.05, 4.69) is 50.3 Å². The summed E-state index contributed by atoms with van der Waals surface area (Å²) < 4.78 is 1.08. The summed E-state index contributed by atoms with van der Waals surface area (Å²) in [7, 11) is 0. The molecule has 4 nitrogen and oxygen atoms in total. The van der Waals surface area contributed by atoms with Crippen LogP contribution in [0.1, 0.15) is 13.8 Å². The second kappa shape index (κ2) is 5.46. The zero-order chi connectivity index (χ0) is 14.1. The van der Waals surface area contributed by atoms with Crippen molar-refractivity contribution in [2.75, 3.05) is 5.32 Å². The summed E-state index contributed by atoms with van der Waals surface area (Å²) in [6, 6.07) is 8.31. The molecule has 0 aliphatic heterocycles. The van der Waals surface area contributed by atoms with Crippen molar-refractivity contribution in [2.24, 2.45) is 0 Å². The molecular weight excluding hydrogens is 336 g/mol. The van der Waals surface area contributed by atoms with Crippen LogP contribution < -0.4 is 5.32 Å². The minimum atomic E-state index is 0.288. The van der Waals surface area contributed by atoms with Gasteiger partial charge in [-0.15, -0.1) is 21.5 Å². The number of rotatable bonds is 3. The van der Waals surface area contributed by atoms with Crippen LogP contribution >= 0.6 is 27.3 Å². The van der Waals surface area contributed by atoms with Crippen LogP contribution in [0.15, 0.2) is 34.2 Å². The first-order valence-electron chi connectivity index (χ1n) is 6.29. The second-order valence-corrected chi connectivity index (χ2v) is 7.16. The van der Waals surface area contributed by atoms with Gasteiger partial charge in [-0.05, 0) is 54.0 Å². The Kier molecular flexibility index (Phi) is 3.67. The minimum Gasteiger partial charge on any atom is -0.365 e. The first-order valence-corrected chi connectivity index (χ1v) is 7.90. The predicted molar refractivity (Wildman–Crippen MR) is 87.1 cm³/mol. The SMILES string of the molecule is CC(C)Nc1nnc(-c2ccc(Br)s2)c2cccnc12. The van der Waals surface area contributed by atoms with E-state index < -0.39 is 0 Å². The number of hydrogen-bond acceptors (Lipinski definition) is 5. The van der Waals surface area contributed by atoms with Gasteiger partial charge in [0.2, 0.25) is 0 Å². The molecule has 1 N–H and O–H groups in total. The van der Waals surface area contributed by atoms with E-state index in [1.807, 2.05) is 24.3 Å². The molecule has 3 aromatic rings. The highest BCUT2D eigenvalue weighted by atomic mass is 79.9. The lowest BCUT2D eigenvalue weighted by Gasteiger charge is -2.11. The molecule has 0 unspecified atom stereocenters. The lowest BCUT2D eigenvalue weighted by atomic mass is 10.2. The third-order valence-corrected chi connectivity index (χ3v) is 4.40. The molecule has 0 aromatic carbocycles. The van der Waals surface area contributed by atoms with Gasteiger partial charge in [0.05, 0.1) is 8.66 Å². The molecule has 20 heavy (non-hydrogen) atoms. The Bertz CT molecular complexity index is 754. The first-order chi connectivity index (χ1) is 9.65. The largest absolute Gasteiger partial charge is 0.365 e. The maximum absolute atomic E-state index is 4.46. The molecule has 0 saturated heterocycles. The fraction of sp³-hybridized carbons (Fsp3) is 0.214. The van der Waals surface area contributed by atoms with E-state index >= 15 is 0 Å². The minimum absolute atomic E-state index is 0.288. The molecule has 0 amide bonds. The smallest absolute Gasteiger partial charge is 0.175 e. The molecule has 102 valence electrons. The van der Waals surface area contributed by atoms with Gasteiger partial charge < -0.3 is 5.32 Å². The predicted octanol–water partition coefficient (Wildman–Crippen LogP) is 4.34. The summed E-state index contributed by atoms with van der Waals surface area (Å²) in [6.45, 7) is 4.14. The van der Waals surface area contributed by atoms with Gasteiger partial charge in [0.15, 0.2) is 5.82 Å². The Hall–Kier alpha value is -1.53. The molecule has 0 spiro atoms. The van der Waals surface area contributed by atoms with Gasteiger partial charge in [0.1, 0.15) is 11.2 Å². The van der Waals surface area contributed by atoms with Crippen LogP contribution in [0, 0.1) is 0 Å². The molecule has 0 atom stereocenters. The van der Waals surface area contributed by atoms with Gasteiger partial charge in [-0.2, -0.15) is 0 Å². The zero-order valence-corrected chi connectivity index (χ0v) is 13.5. The van der Waals surface area contributed by atoms with E-state index in [4.69, 9.17) is 0 Å². The molecule has 0 bridgehead atoms. The van der Waals surface area contributed by atoms with E-state index in [0.717, 1.165) is 31.1 Å². The monoisotopic (exact) mass is 348 g/mol. The molecule has 3 rings (SSSR count). The first kappa shape index (κ1) is 13.5. The van der Waals surface area contributed by atoms with Crippen molar-refractivity contribution >= 4 is 44.0 Å². The second-order valence-electron chi connectivity index (χ2n) is 4.70. The molecule has 3 aromatic heterocycles. The van der Waals surface area contributed by atoms with Crippen molar-refractivity contribution in [3.63, 3.8) is 0 Å². The van der Waals surface area contributed by atoms with Crippen LogP contribution in [-0.2, 0) is 0 Å². The number of thiophene rings is 1. The van der Waals surface area contributed by atoms with E-state index in [9.17, 15) is 0 Å². The Balaban J connectivity index is 2.21. The third-order valence-electron chi connectivity index (χ3n) is 2.77. The van der Waals surface area contributed by atoms with Gasteiger partial charge >= 0.3 is 0 Å². The Morgan fingerprint density at radius 3 is 2.75 bits per heavy atom. The summed E-state index contributed by atoms with van der Waals surface area (Å²) in [5.74, 6) is 0.731. The number of anilines is 1. The summed E-state index contributed by atoms with van der Waals surface area (Å²) in [5, 5.41) is 13.0. The normalized spacial score (nSPS) is 11.2. The van der Waals surface area contributed by atoms with Crippen LogP contribution in [0.2, 0.25) is 0 Å². The number of fused-ring (bicyclic) bond motifs is 1. The van der Waals surface area contributed by atoms with Crippen LogP contribution in [0.25, 0.3) is 21.5 Å². The van der Waals surface area contributed by atoms with Crippen molar-refractivity contribution in [1.82, 2.24) is 15.2 Å². The van der Waals surface area contributed by atoms with Gasteiger partial charge in [0, 0.05) is 17.6 Å². The van der Waals surface area contributed by atoms with Crippen molar-refractivity contribution in [1.29, 1.82) is 0 Å². The number of aromatic nitrogens is 3. The van der Waals surface area contributed by atoms with Gasteiger partial charge in [0.25, 0.3) is 0 Å². The molecule has 0 fully saturated rings. The summed E-state index contributed by atoms with van der Waals surface area (Å²) in [4.78, 5) is 5.54. The molecule has 3 heterocycles. The number of halogens is 1. The lowest BCUT2D eigenvalue weighted by Crippen LogP contribution is -2.12. The average Bonchev–Trinajstić information content (AvgIpc) is 2.85. The van der Waals surface area contributed by atoms with Crippen LogP contribution in [0.4, 0.5) is 5.82 Å². The van der Waals surface area contributed by atoms with Gasteiger partial charge in [-0.3, -0.25) is 4.98 Å². The van der Waals surface area contributed by atoms with Gasteiger partial charge in [-0.1, -0.05) is 0 Å². The molecule has 6 heteroatoms. The topological polar surface area (TPSA) is 50.7 Å². The third kappa shape index (κ3) is 2.53. The number of nitrogens with one attached hydrogen (secondary N) is 1. The van der Waals surface area contributed by atoms with Gasteiger partial charge in [-0.25, -0.2) is 0 Å². The Morgan fingerprint density at radius 2 is 2.05 bits per heavy atom. The standard InChI is InChI=1S/C14H13BrN4S/c1-8(2)17-14-13-9(4-3-7-16-13)12(18-19-14)10-5-6-11(15)20-10/h3-8H,1-2H3,(H,17,19). The fourth-order valence-electron chi connectivity index (χ4n) is 1.98. The number of pyridine rings is 1. The highest BCUT2D eigenvalue weighted by Crippen LogP contribution is 2.34. The van der Waals surface area contributed by atoms with E-state index in [-0.39, 0.29) is 6.04 Å². The highest BCUT2D eigenvalue weighted by Gasteiger charge is 2.13. The van der Waals surface area contributed by atoms with Crippen LogP contribution in [0.5, 0.6) is 0 Å².